The van der Waals surface area contributed by atoms with Gasteiger partial charge in [-0.25, -0.2) is 0 Å². The highest BCUT2D eigenvalue weighted by molar-refractivity contribution is 5.92. The van der Waals surface area contributed by atoms with E-state index in [0.29, 0.717) is 0 Å². The lowest BCUT2D eigenvalue weighted by molar-refractivity contribution is -0.140. The quantitative estimate of drug-likeness (QED) is 0.695. The molecule has 0 aromatic rings. The molecule has 0 unspecified atom stereocenters. The number of hydrogen-bond acceptors (Lipinski definition) is 2. The van der Waals surface area contributed by atoms with Crippen molar-refractivity contribution >= 4 is 11.8 Å². The third-order valence-corrected chi connectivity index (χ3v) is 2.86. The zero-order valence-electron chi connectivity index (χ0n) is 8.29. The van der Waals surface area contributed by atoms with Gasteiger partial charge < -0.3 is 10.2 Å². The number of hydrogen-bond donors (Lipinski definition) is 1. The molecule has 2 rings (SSSR count). The molecule has 0 bridgehead atoms. The summed E-state index contributed by atoms with van der Waals surface area (Å²) >= 11 is 0. The highest BCUT2D eigenvalue weighted by atomic mass is 16.2. The normalized spacial score (nSPS) is 22.4. The molecular weight excluding hydrogens is 180 g/mol. The maximum absolute atomic E-state index is 11.3. The molecular formula is C10H16N2O2. The summed E-state index contributed by atoms with van der Waals surface area (Å²) in [6.45, 7) is 1.19. The van der Waals surface area contributed by atoms with Crippen LogP contribution in [0, 0.1) is 5.92 Å². The first-order chi connectivity index (χ1) is 6.75. The smallest absolute Gasteiger partial charge is 0.242 e. The Labute approximate surface area is 83.6 Å². The molecule has 0 radical (unpaired) electrons. The molecule has 2 amide bonds. The van der Waals surface area contributed by atoms with Gasteiger partial charge in [0, 0.05) is 6.54 Å². The summed E-state index contributed by atoms with van der Waals surface area (Å²) in [5.41, 5.74) is 0. The Hall–Kier alpha value is -1.06. The van der Waals surface area contributed by atoms with Gasteiger partial charge in [0.05, 0.1) is 13.1 Å². The maximum atomic E-state index is 11.3. The van der Waals surface area contributed by atoms with Crippen LogP contribution in [-0.2, 0) is 9.59 Å². The van der Waals surface area contributed by atoms with E-state index < -0.39 is 0 Å². The number of rotatable bonds is 4. The molecule has 4 nitrogen and oxygen atoms in total. The molecule has 2 aliphatic rings. The fraction of sp³-hybridized carbons (Fsp3) is 0.800. The maximum Gasteiger partial charge on any atom is 0.242 e. The van der Waals surface area contributed by atoms with Crippen LogP contribution in [0.15, 0.2) is 0 Å². The minimum atomic E-state index is -0.0315. The van der Waals surface area contributed by atoms with Gasteiger partial charge in [-0.1, -0.05) is 12.8 Å². The first-order valence-corrected chi connectivity index (χ1v) is 5.30. The monoisotopic (exact) mass is 196 g/mol. The SMILES string of the molecule is O=C1CN(CCCC2CC2)C(=O)CN1. The molecule has 14 heavy (non-hydrogen) atoms. The Morgan fingerprint density at radius 2 is 2.14 bits per heavy atom. The number of piperazine rings is 1. The summed E-state index contributed by atoms with van der Waals surface area (Å²) in [6, 6.07) is 0. The van der Waals surface area contributed by atoms with E-state index in [9.17, 15) is 9.59 Å². The summed E-state index contributed by atoms with van der Waals surface area (Å²) < 4.78 is 0. The first kappa shape index (κ1) is 9.49. The average Bonchev–Trinajstić information content (AvgIpc) is 2.95. The lowest BCUT2D eigenvalue weighted by Gasteiger charge is -2.26. The molecule has 78 valence electrons. The molecule has 2 fully saturated rings. The third kappa shape index (κ3) is 2.47. The van der Waals surface area contributed by atoms with Gasteiger partial charge in [-0.05, 0) is 18.8 Å². The van der Waals surface area contributed by atoms with E-state index in [0.717, 1.165) is 18.9 Å². The van der Waals surface area contributed by atoms with Gasteiger partial charge in [0.2, 0.25) is 11.8 Å². The zero-order chi connectivity index (χ0) is 9.97. The first-order valence-electron chi connectivity index (χ1n) is 5.30. The van der Waals surface area contributed by atoms with Crippen molar-refractivity contribution < 1.29 is 9.59 Å². The number of carbonyl (C=O) groups excluding carboxylic acids is 2. The molecule has 0 spiro atoms. The lowest BCUT2D eigenvalue weighted by atomic mass is 10.2. The minimum absolute atomic E-state index is 0.0315. The van der Waals surface area contributed by atoms with Crippen molar-refractivity contribution in [2.75, 3.05) is 19.6 Å². The highest BCUT2D eigenvalue weighted by Crippen LogP contribution is 2.33. The Morgan fingerprint density at radius 3 is 2.86 bits per heavy atom. The molecule has 1 aliphatic heterocycles. The van der Waals surface area contributed by atoms with Crippen LogP contribution in [-0.4, -0.2) is 36.3 Å². The molecule has 0 aromatic heterocycles. The Morgan fingerprint density at radius 1 is 1.36 bits per heavy atom. The molecule has 1 saturated heterocycles. The zero-order valence-corrected chi connectivity index (χ0v) is 8.29. The van der Waals surface area contributed by atoms with Crippen molar-refractivity contribution in [1.29, 1.82) is 0 Å². The predicted octanol–water partition coefficient (Wildman–Crippen LogP) is 0.135. The van der Waals surface area contributed by atoms with Crippen molar-refractivity contribution in [3.63, 3.8) is 0 Å². The van der Waals surface area contributed by atoms with Crippen LogP contribution in [0.4, 0.5) is 0 Å². The van der Waals surface area contributed by atoms with E-state index in [1.165, 1.54) is 19.3 Å². The van der Waals surface area contributed by atoms with Crippen LogP contribution >= 0.6 is 0 Å². The Kier molecular flexibility index (Phi) is 2.70. The summed E-state index contributed by atoms with van der Waals surface area (Å²) in [5, 5.41) is 2.54. The highest BCUT2D eigenvalue weighted by Gasteiger charge is 2.24. The predicted molar refractivity (Wildman–Crippen MR) is 51.5 cm³/mol. The van der Waals surface area contributed by atoms with Crippen LogP contribution in [0.2, 0.25) is 0 Å². The van der Waals surface area contributed by atoms with Gasteiger partial charge in [0.1, 0.15) is 0 Å². The largest absolute Gasteiger partial charge is 0.345 e. The van der Waals surface area contributed by atoms with Gasteiger partial charge in [0.15, 0.2) is 0 Å². The van der Waals surface area contributed by atoms with E-state index in [1.54, 1.807) is 4.90 Å². The van der Waals surface area contributed by atoms with Crippen LogP contribution < -0.4 is 5.32 Å². The summed E-state index contributed by atoms with van der Waals surface area (Å²) in [4.78, 5) is 24.0. The van der Waals surface area contributed by atoms with Gasteiger partial charge in [-0.15, -0.1) is 0 Å². The Balaban J connectivity index is 1.70. The van der Waals surface area contributed by atoms with Crippen molar-refractivity contribution in [2.24, 2.45) is 5.92 Å². The van der Waals surface area contributed by atoms with E-state index in [-0.39, 0.29) is 24.9 Å². The number of nitrogens with one attached hydrogen (secondary N) is 1. The van der Waals surface area contributed by atoms with Gasteiger partial charge in [-0.2, -0.15) is 0 Å². The van der Waals surface area contributed by atoms with Crippen molar-refractivity contribution in [2.45, 2.75) is 25.7 Å². The standard InChI is InChI=1S/C10H16N2O2/c13-9-7-12(10(14)6-11-9)5-1-2-8-3-4-8/h8H,1-7H2,(H,11,13). The van der Waals surface area contributed by atoms with Crippen LogP contribution in [0.3, 0.4) is 0 Å². The number of amides is 2. The second-order valence-corrected chi connectivity index (χ2v) is 4.18. The van der Waals surface area contributed by atoms with E-state index in [2.05, 4.69) is 5.32 Å². The second-order valence-electron chi connectivity index (χ2n) is 4.18. The summed E-state index contributed by atoms with van der Waals surface area (Å²) in [6.07, 6.45) is 4.97. The number of nitrogens with zero attached hydrogens (tertiary/aromatic N) is 1. The fourth-order valence-corrected chi connectivity index (χ4v) is 1.78. The van der Waals surface area contributed by atoms with E-state index in [1.807, 2.05) is 0 Å². The number of carbonyl (C=O) groups is 2. The minimum Gasteiger partial charge on any atom is -0.345 e. The van der Waals surface area contributed by atoms with E-state index >= 15 is 0 Å². The topological polar surface area (TPSA) is 49.4 Å². The molecule has 1 aliphatic carbocycles. The summed E-state index contributed by atoms with van der Waals surface area (Å²) in [7, 11) is 0. The van der Waals surface area contributed by atoms with Crippen molar-refractivity contribution in [1.82, 2.24) is 10.2 Å². The third-order valence-electron chi connectivity index (χ3n) is 2.86. The molecule has 4 heteroatoms. The van der Waals surface area contributed by atoms with Gasteiger partial charge >= 0.3 is 0 Å². The Bertz CT molecular complexity index is 249. The van der Waals surface area contributed by atoms with Gasteiger partial charge in [-0.3, -0.25) is 9.59 Å². The average molecular weight is 196 g/mol. The summed E-state index contributed by atoms with van der Waals surface area (Å²) in [5.74, 6) is 0.931. The molecule has 1 N–H and O–H groups in total. The van der Waals surface area contributed by atoms with Crippen LogP contribution in [0.5, 0.6) is 0 Å². The van der Waals surface area contributed by atoms with E-state index in [4.69, 9.17) is 0 Å². The molecule has 1 saturated carbocycles. The fourth-order valence-electron chi connectivity index (χ4n) is 1.78. The molecule has 0 atom stereocenters. The lowest BCUT2D eigenvalue weighted by Crippen LogP contribution is -2.51. The molecule has 0 aromatic carbocycles. The van der Waals surface area contributed by atoms with Crippen LogP contribution in [0.25, 0.3) is 0 Å². The van der Waals surface area contributed by atoms with Gasteiger partial charge in [0.25, 0.3) is 0 Å². The second kappa shape index (κ2) is 3.98. The molecule has 1 heterocycles. The van der Waals surface area contributed by atoms with Crippen LogP contribution in [0.1, 0.15) is 25.7 Å². The van der Waals surface area contributed by atoms with Crippen molar-refractivity contribution in [3.8, 4) is 0 Å². The van der Waals surface area contributed by atoms with Crippen molar-refractivity contribution in [3.05, 3.63) is 0 Å².